The molecule has 6 nitrogen and oxygen atoms in total. The van der Waals surface area contributed by atoms with E-state index in [0.717, 1.165) is 29.8 Å². The van der Waals surface area contributed by atoms with E-state index < -0.39 is 15.8 Å². The molecule has 1 aromatic heterocycles. The number of halogens is 3. The fraction of sp³-hybridized carbons (Fsp3) is 0.0667. The molecule has 0 spiro atoms. The van der Waals surface area contributed by atoms with E-state index in [1.807, 2.05) is 0 Å². The molecule has 25 heavy (non-hydrogen) atoms. The van der Waals surface area contributed by atoms with Gasteiger partial charge in [0.1, 0.15) is 12.1 Å². The Morgan fingerprint density at radius 1 is 1.12 bits per heavy atom. The van der Waals surface area contributed by atoms with Crippen LogP contribution in [0.5, 0.6) is 0 Å². The molecule has 0 radical (unpaired) electrons. The lowest BCUT2D eigenvalue weighted by molar-refractivity contribution is 0.599. The Hall–Kier alpha value is -2.16. The summed E-state index contributed by atoms with van der Waals surface area (Å²) >= 11 is 11.9. The Morgan fingerprint density at radius 2 is 1.84 bits per heavy atom. The first-order valence-corrected chi connectivity index (χ1v) is 9.19. The molecule has 0 unspecified atom stereocenters. The van der Waals surface area contributed by atoms with Gasteiger partial charge in [0.2, 0.25) is 0 Å². The van der Waals surface area contributed by atoms with Crippen LogP contribution < -0.4 is 4.72 Å². The van der Waals surface area contributed by atoms with Crippen molar-refractivity contribution in [1.29, 1.82) is 0 Å². The maximum Gasteiger partial charge on any atom is 0.264 e. The highest BCUT2D eigenvalue weighted by molar-refractivity contribution is 7.92. The van der Waals surface area contributed by atoms with E-state index in [1.165, 1.54) is 11.0 Å². The molecule has 0 aliphatic rings. The maximum atomic E-state index is 12.9. The van der Waals surface area contributed by atoms with Crippen LogP contribution in [0.4, 0.5) is 10.3 Å². The third-order valence-corrected chi connectivity index (χ3v) is 5.16. The van der Waals surface area contributed by atoms with Gasteiger partial charge >= 0.3 is 0 Å². The van der Waals surface area contributed by atoms with Crippen LogP contribution in [0.1, 0.15) is 5.56 Å². The summed E-state index contributed by atoms with van der Waals surface area (Å²) in [5.74, 6) is -0.629. The highest BCUT2D eigenvalue weighted by atomic mass is 35.5. The van der Waals surface area contributed by atoms with Crippen molar-refractivity contribution >= 4 is 39.2 Å². The van der Waals surface area contributed by atoms with Gasteiger partial charge in [0.25, 0.3) is 16.0 Å². The van der Waals surface area contributed by atoms with E-state index >= 15 is 0 Å². The molecule has 0 fully saturated rings. The van der Waals surface area contributed by atoms with E-state index in [9.17, 15) is 12.8 Å². The summed E-state index contributed by atoms with van der Waals surface area (Å²) in [5, 5.41) is 5.03. The van der Waals surface area contributed by atoms with Crippen LogP contribution in [0, 0.1) is 5.82 Å². The zero-order valence-electron chi connectivity index (χ0n) is 12.5. The average Bonchev–Trinajstić information content (AvgIpc) is 2.97. The third-order valence-electron chi connectivity index (χ3n) is 3.23. The first kappa shape index (κ1) is 17.7. The molecule has 1 N–H and O–H groups in total. The molecule has 0 saturated carbocycles. The Bertz CT molecular complexity index is 1010. The maximum absolute atomic E-state index is 12.9. The Balaban J connectivity index is 1.76. The standard InChI is InChI=1S/C15H11Cl2FN4O2S/c16-11-2-1-10(14(17)7-11)8-22-9-19-15(20-22)21-25(23,24)13-5-3-12(18)4-6-13/h1-7,9H,8H2,(H,20,21). The van der Waals surface area contributed by atoms with E-state index in [-0.39, 0.29) is 10.8 Å². The van der Waals surface area contributed by atoms with Crippen LogP contribution in [-0.4, -0.2) is 23.2 Å². The van der Waals surface area contributed by atoms with Gasteiger partial charge in [0.15, 0.2) is 0 Å². The number of hydrogen-bond acceptors (Lipinski definition) is 4. The zero-order chi connectivity index (χ0) is 18.0. The van der Waals surface area contributed by atoms with E-state index in [4.69, 9.17) is 23.2 Å². The van der Waals surface area contributed by atoms with Crippen molar-refractivity contribution < 1.29 is 12.8 Å². The van der Waals surface area contributed by atoms with Crippen LogP contribution in [0.25, 0.3) is 0 Å². The Morgan fingerprint density at radius 3 is 2.52 bits per heavy atom. The fourth-order valence-electron chi connectivity index (χ4n) is 2.03. The van der Waals surface area contributed by atoms with Crippen LogP contribution in [0.3, 0.4) is 0 Å². The van der Waals surface area contributed by atoms with Crippen LogP contribution >= 0.6 is 23.2 Å². The second kappa shape index (κ2) is 6.99. The van der Waals surface area contributed by atoms with Crippen LogP contribution in [0.15, 0.2) is 53.7 Å². The lowest BCUT2D eigenvalue weighted by atomic mass is 10.2. The predicted octanol–water partition coefficient (Wildman–Crippen LogP) is 3.57. The molecule has 0 amide bonds. The van der Waals surface area contributed by atoms with Crippen molar-refractivity contribution in [2.75, 3.05) is 4.72 Å². The fourth-order valence-corrected chi connectivity index (χ4v) is 3.45. The summed E-state index contributed by atoms with van der Waals surface area (Å²) in [7, 11) is -3.90. The van der Waals surface area contributed by atoms with Gasteiger partial charge in [-0.3, -0.25) is 0 Å². The monoisotopic (exact) mass is 400 g/mol. The highest BCUT2D eigenvalue weighted by Gasteiger charge is 2.16. The van der Waals surface area contributed by atoms with Gasteiger partial charge in [-0.1, -0.05) is 29.3 Å². The lowest BCUT2D eigenvalue weighted by Gasteiger charge is -2.05. The van der Waals surface area contributed by atoms with Crippen LogP contribution in [0.2, 0.25) is 10.0 Å². The first-order chi connectivity index (χ1) is 11.8. The molecular formula is C15H11Cl2FN4O2S. The molecule has 2 aromatic carbocycles. The smallest absolute Gasteiger partial charge is 0.246 e. The molecule has 3 rings (SSSR count). The molecule has 0 saturated heterocycles. The van der Waals surface area contributed by atoms with Crippen molar-refractivity contribution in [1.82, 2.24) is 14.8 Å². The zero-order valence-corrected chi connectivity index (χ0v) is 14.9. The van der Waals surface area contributed by atoms with E-state index in [2.05, 4.69) is 14.8 Å². The van der Waals surface area contributed by atoms with E-state index in [1.54, 1.807) is 18.2 Å². The lowest BCUT2D eigenvalue weighted by Crippen LogP contribution is -2.14. The van der Waals surface area contributed by atoms with Gasteiger partial charge in [0, 0.05) is 10.0 Å². The van der Waals surface area contributed by atoms with Crippen molar-refractivity contribution in [3.05, 3.63) is 70.2 Å². The molecule has 3 aromatic rings. The summed E-state index contributed by atoms with van der Waals surface area (Å²) in [6.07, 6.45) is 1.37. The second-order valence-corrected chi connectivity index (χ2v) is 7.59. The van der Waals surface area contributed by atoms with Gasteiger partial charge in [0.05, 0.1) is 11.4 Å². The van der Waals surface area contributed by atoms with Gasteiger partial charge in [-0.15, -0.1) is 5.10 Å². The van der Waals surface area contributed by atoms with Crippen molar-refractivity contribution in [3.8, 4) is 0 Å². The summed E-state index contributed by atoms with van der Waals surface area (Å²) in [5.41, 5.74) is 0.754. The summed E-state index contributed by atoms with van der Waals surface area (Å²) in [6.45, 7) is 0.293. The normalized spacial score (nSPS) is 11.5. The number of hydrogen-bond donors (Lipinski definition) is 1. The predicted molar refractivity (Wildman–Crippen MR) is 92.8 cm³/mol. The summed E-state index contributed by atoms with van der Waals surface area (Å²) < 4.78 is 41.0. The Labute approximate surface area is 153 Å². The van der Waals surface area contributed by atoms with Crippen LogP contribution in [-0.2, 0) is 16.6 Å². The van der Waals surface area contributed by atoms with Gasteiger partial charge in [-0.05, 0) is 42.0 Å². The summed E-state index contributed by atoms with van der Waals surface area (Å²) in [4.78, 5) is 3.81. The van der Waals surface area contributed by atoms with Crippen molar-refractivity contribution in [2.45, 2.75) is 11.4 Å². The number of nitrogens with one attached hydrogen (secondary N) is 1. The van der Waals surface area contributed by atoms with Gasteiger partial charge in [-0.25, -0.2) is 22.2 Å². The van der Waals surface area contributed by atoms with Crippen molar-refractivity contribution in [3.63, 3.8) is 0 Å². The first-order valence-electron chi connectivity index (χ1n) is 6.95. The third kappa shape index (κ3) is 4.28. The number of aromatic nitrogens is 3. The topological polar surface area (TPSA) is 76.9 Å². The molecular weight excluding hydrogens is 390 g/mol. The molecule has 1 heterocycles. The average molecular weight is 401 g/mol. The van der Waals surface area contributed by atoms with Gasteiger partial charge < -0.3 is 0 Å². The molecule has 0 aliphatic heterocycles. The van der Waals surface area contributed by atoms with E-state index in [0.29, 0.717) is 16.6 Å². The largest absolute Gasteiger partial charge is 0.264 e. The number of benzene rings is 2. The Kier molecular flexibility index (Phi) is 4.94. The quantitative estimate of drug-likeness (QED) is 0.709. The number of anilines is 1. The number of nitrogens with zero attached hydrogens (tertiary/aromatic N) is 3. The molecule has 0 bridgehead atoms. The number of rotatable bonds is 5. The molecule has 0 aliphatic carbocycles. The molecule has 0 atom stereocenters. The second-order valence-electron chi connectivity index (χ2n) is 5.06. The SMILES string of the molecule is O=S(=O)(Nc1ncn(Cc2ccc(Cl)cc2Cl)n1)c1ccc(F)cc1. The highest BCUT2D eigenvalue weighted by Crippen LogP contribution is 2.22. The minimum Gasteiger partial charge on any atom is -0.246 e. The molecule has 130 valence electrons. The number of sulfonamides is 1. The summed E-state index contributed by atoms with van der Waals surface area (Å²) in [6, 6.07) is 9.47. The minimum absolute atomic E-state index is 0.0917. The van der Waals surface area contributed by atoms with Gasteiger partial charge in [-0.2, -0.15) is 4.98 Å². The molecule has 10 heteroatoms. The minimum atomic E-state index is -3.90. The van der Waals surface area contributed by atoms with Crippen molar-refractivity contribution in [2.24, 2.45) is 0 Å².